The summed E-state index contributed by atoms with van der Waals surface area (Å²) in [4.78, 5) is 2.46. The third kappa shape index (κ3) is 2.70. The zero-order valence-corrected chi connectivity index (χ0v) is 12.6. The molecular weight excluding hydrogens is 288 g/mol. The van der Waals surface area contributed by atoms with E-state index >= 15 is 0 Å². The lowest BCUT2D eigenvalue weighted by Gasteiger charge is -2.47. The van der Waals surface area contributed by atoms with E-state index in [0.29, 0.717) is 12.3 Å². The molecule has 2 nitrogen and oxygen atoms in total. The maximum absolute atomic E-state index is 8.84. The summed E-state index contributed by atoms with van der Waals surface area (Å²) in [6, 6.07) is 10.7. The number of hydrogen-bond acceptors (Lipinski definition) is 2. The first kappa shape index (κ1) is 13.4. The highest BCUT2D eigenvalue weighted by atomic mass is 79.9. The lowest BCUT2D eigenvalue weighted by atomic mass is 9.81. The third-order valence-corrected chi connectivity index (χ3v) is 4.47. The van der Waals surface area contributed by atoms with Crippen LogP contribution in [0.2, 0.25) is 0 Å². The molecule has 0 aromatic heterocycles. The highest BCUT2D eigenvalue weighted by Crippen LogP contribution is 2.39. The summed E-state index contributed by atoms with van der Waals surface area (Å²) in [5, 5.41) is 8.84. The van der Waals surface area contributed by atoms with Crippen molar-refractivity contribution in [2.75, 3.05) is 11.4 Å². The van der Waals surface area contributed by atoms with Crippen LogP contribution in [0.1, 0.15) is 33.1 Å². The molecule has 0 bridgehead atoms. The molecule has 0 radical (unpaired) electrons. The Bertz CT molecular complexity index is 462. The molecule has 1 aromatic carbocycles. The predicted molar refractivity (Wildman–Crippen MR) is 78.5 cm³/mol. The molecule has 96 valence electrons. The SMILES string of the molecule is CC1(C)CC(CC#N)CCN1c1ccccc1Br. The standard InChI is InChI=1S/C15H19BrN2/c1-15(2)11-12(7-9-17)8-10-18(15)14-6-4-3-5-13(14)16/h3-6,12H,7-8,10-11H2,1-2H3. The Balaban J connectivity index is 2.21. The summed E-state index contributed by atoms with van der Waals surface area (Å²) in [5.41, 5.74) is 1.38. The van der Waals surface area contributed by atoms with Crippen LogP contribution in [0.4, 0.5) is 5.69 Å². The van der Waals surface area contributed by atoms with Gasteiger partial charge >= 0.3 is 0 Å². The smallest absolute Gasteiger partial charge is 0.0624 e. The molecule has 1 atom stereocenters. The maximum atomic E-state index is 8.84. The van der Waals surface area contributed by atoms with E-state index in [-0.39, 0.29) is 5.54 Å². The van der Waals surface area contributed by atoms with Crippen molar-refractivity contribution in [3.05, 3.63) is 28.7 Å². The Morgan fingerprint density at radius 1 is 1.44 bits per heavy atom. The number of piperidine rings is 1. The van der Waals surface area contributed by atoms with Gasteiger partial charge in [0.05, 0.1) is 11.8 Å². The van der Waals surface area contributed by atoms with Crippen LogP contribution in [0.15, 0.2) is 28.7 Å². The average Bonchev–Trinajstić information content (AvgIpc) is 2.30. The number of para-hydroxylation sites is 1. The molecule has 0 N–H and O–H groups in total. The van der Waals surface area contributed by atoms with Crippen molar-refractivity contribution >= 4 is 21.6 Å². The van der Waals surface area contributed by atoms with Crippen molar-refractivity contribution in [1.82, 2.24) is 0 Å². The first-order valence-corrected chi connectivity index (χ1v) is 7.23. The summed E-state index contributed by atoms with van der Waals surface area (Å²) in [6.45, 7) is 5.58. The molecule has 0 saturated carbocycles. The number of rotatable bonds is 2. The Morgan fingerprint density at radius 2 is 2.17 bits per heavy atom. The van der Waals surface area contributed by atoms with E-state index < -0.39 is 0 Å². The van der Waals surface area contributed by atoms with Gasteiger partial charge in [-0.15, -0.1) is 0 Å². The van der Waals surface area contributed by atoms with Crippen molar-refractivity contribution < 1.29 is 0 Å². The summed E-state index contributed by atoms with van der Waals surface area (Å²) < 4.78 is 1.15. The summed E-state index contributed by atoms with van der Waals surface area (Å²) in [6.07, 6.45) is 2.88. The lowest BCUT2D eigenvalue weighted by molar-refractivity contribution is 0.276. The molecular formula is C15H19BrN2. The number of anilines is 1. The van der Waals surface area contributed by atoms with E-state index in [4.69, 9.17) is 5.26 Å². The van der Waals surface area contributed by atoms with E-state index in [1.54, 1.807) is 0 Å². The van der Waals surface area contributed by atoms with Crippen molar-refractivity contribution in [2.45, 2.75) is 38.6 Å². The Labute approximate surface area is 118 Å². The van der Waals surface area contributed by atoms with E-state index in [1.165, 1.54) is 5.69 Å². The van der Waals surface area contributed by atoms with Crippen molar-refractivity contribution in [3.63, 3.8) is 0 Å². The molecule has 2 rings (SSSR count). The number of nitrogens with zero attached hydrogens (tertiary/aromatic N) is 2. The van der Waals surface area contributed by atoms with Crippen LogP contribution >= 0.6 is 15.9 Å². The monoisotopic (exact) mass is 306 g/mol. The van der Waals surface area contributed by atoms with Gasteiger partial charge in [0.1, 0.15) is 0 Å². The fourth-order valence-electron chi connectivity index (χ4n) is 2.95. The second-order valence-corrected chi connectivity index (χ2v) is 6.49. The molecule has 18 heavy (non-hydrogen) atoms. The van der Waals surface area contributed by atoms with Gasteiger partial charge in [0.25, 0.3) is 0 Å². The van der Waals surface area contributed by atoms with Gasteiger partial charge in [0.15, 0.2) is 0 Å². The normalized spacial score (nSPS) is 22.6. The minimum absolute atomic E-state index is 0.115. The number of nitriles is 1. The second-order valence-electron chi connectivity index (χ2n) is 5.64. The van der Waals surface area contributed by atoms with Crippen molar-refractivity contribution in [3.8, 4) is 6.07 Å². The minimum Gasteiger partial charge on any atom is -0.365 e. The van der Waals surface area contributed by atoms with Crippen LogP contribution in [0.5, 0.6) is 0 Å². The van der Waals surface area contributed by atoms with E-state index in [2.05, 4.69) is 58.9 Å². The van der Waals surface area contributed by atoms with E-state index in [1.807, 2.05) is 6.07 Å². The molecule has 1 heterocycles. The quantitative estimate of drug-likeness (QED) is 0.812. The highest BCUT2D eigenvalue weighted by molar-refractivity contribution is 9.10. The Hall–Kier alpha value is -1.01. The average molecular weight is 307 g/mol. The molecule has 0 aliphatic carbocycles. The van der Waals surface area contributed by atoms with Gasteiger partial charge in [-0.3, -0.25) is 0 Å². The largest absolute Gasteiger partial charge is 0.365 e. The fourth-order valence-corrected chi connectivity index (χ4v) is 3.45. The zero-order chi connectivity index (χ0) is 13.2. The molecule has 1 fully saturated rings. The number of halogens is 1. The first-order chi connectivity index (χ1) is 8.54. The number of benzene rings is 1. The van der Waals surface area contributed by atoms with Crippen LogP contribution in [-0.4, -0.2) is 12.1 Å². The minimum atomic E-state index is 0.115. The molecule has 1 unspecified atom stereocenters. The van der Waals surface area contributed by atoms with Gasteiger partial charge in [-0.1, -0.05) is 12.1 Å². The second kappa shape index (κ2) is 5.32. The van der Waals surface area contributed by atoms with Crippen molar-refractivity contribution in [1.29, 1.82) is 5.26 Å². The summed E-state index contributed by atoms with van der Waals surface area (Å²) in [7, 11) is 0. The van der Waals surface area contributed by atoms with Crippen LogP contribution in [-0.2, 0) is 0 Å². The first-order valence-electron chi connectivity index (χ1n) is 6.44. The van der Waals surface area contributed by atoms with Crippen LogP contribution in [0, 0.1) is 17.2 Å². The van der Waals surface area contributed by atoms with Gasteiger partial charge < -0.3 is 4.90 Å². The molecule has 0 spiro atoms. The molecule has 1 aliphatic heterocycles. The van der Waals surface area contributed by atoms with Gasteiger partial charge in [-0.25, -0.2) is 0 Å². The van der Waals surface area contributed by atoms with Gasteiger partial charge in [0.2, 0.25) is 0 Å². The summed E-state index contributed by atoms with van der Waals surface area (Å²) in [5.74, 6) is 0.545. The van der Waals surface area contributed by atoms with Crippen molar-refractivity contribution in [2.24, 2.45) is 5.92 Å². The summed E-state index contributed by atoms with van der Waals surface area (Å²) >= 11 is 3.64. The van der Waals surface area contributed by atoms with Gasteiger partial charge in [-0.05, 0) is 60.7 Å². The predicted octanol–water partition coefficient (Wildman–Crippen LogP) is 4.36. The molecule has 1 aliphatic rings. The maximum Gasteiger partial charge on any atom is 0.0624 e. The van der Waals surface area contributed by atoms with E-state index in [0.717, 1.165) is 23.9 Å². The molecule has 3 heteroatoms. The van der Waals surface area contributed by atoms with Gasteiger partial charge in [0, 0.05) is 23.0 Å². The third-order valence-electron chi connectivity index (χ3n) is 3.80. The van der Waals surface area contributed by atoms with Crippen LogP contribution in [0.25, 0.3) is 0 Å². The number of hydrogen-bond donors (Lipinski definition) is 0. The zero-order valence-electron chi connectivity index (χ0n) is 11.0. The molecule has 1 aromatic rings. The molecule has 0 amide bonds. The van der Waals surface area contributed by atoms with Crippen LogP contribution < -0.4 is 4.90 Å². The van der Waals surface area contributed by atoms with Crippen LogP contribution in [0.3, 0.4) is 0 Å². The topological polar surface area (TPSA) is 27.0 Å². The lowest BCUT2D eigenvalue weighted by Crippen LogP contribution is -2.50. The van der Waals surface area contributed by atoms with Gasteiger partial charge in [-0.2, -0.15) is 5.26 Å². The highest BCUT2D eigenvalue weighted by Gasteiger charge is 2.35. The Kier molecular flexibility index (Phi) is 3.97. The molecule has 1 saturated heterocycles. The Morgan fingerprint density at radius 3 is 2.78 bits per heavy atom. The fraction of sp³-hybridized carbons (Fsp3) is 0.533. The van der Waals surface area contributed by atoms with E-state index in [9.17, 15) is 0 Å².